The van der Waals surface area contributed by atoms with Crippen molar-refractivity contribution in [1.29, 1.82) is 0 Å². The van der Waals surface area contributed by atoms with Crippen molar-refractivity contribution < 1.29 is 9.18 Å². The highest BCUT2D eigenvalue weighted by Crippen LogP contribution is 2.23. The summed E-state index contributed by atoms with van der Waals surface area (Å²) in [5.74, 6) is -0.617. The van der Waals surface area contributed by atoms with Crippen LogP contribution < -0.4 is 5.32 Å². The van der Waals surface area contributed by atoms with Crippen molar-refractivity contribution in [3.8, 4) is 11.3 Å². The molecule has 25 heavy (non-hydrogen) atoms. The number of carbonyl (C=O) groups excluding carboxylic acids is 1. The molecule has 0 atom stereocenters. The van der Waals surface area contributed by atoms with Crippen LogP contribution in [0.1, 0.15) is 5.56 Å². The van der Waals surface area contributed by atoms with Crippen LogP contribution >= 0.6 is 11.3 Å². The first-order valence-electron chi connectivity index (χ1n) is 7.75. The number of nitrogens with one attached hydrogen (secondary N) is 1. The summed E-state index contributed by atoms with van der Waals surface area (Å²) in [5.41, 5.74) is 2.92. The Morgan fingerprint density at radius 2 is 1.96 bits per heavy atom. The predicted octanol–water partition coefficient (Wildman–Crippen LogP) is 4.38. The fourth-order valence-corrected chi connectivity index (χ4v) is 3.31. The third-order valence-electron chi connectivity index (χ3n) is 3.87. The SMILES string of the molecule is O=C(Cc1ccccc1F)Nc1ccc(-c2cn3ccsc3n2)cc1. The number of anilines is 1. The Morgan fingerprint density at radius 1 is 1.16 bits per heavy atom. The molecule has 0 aliphatic heterocycles. The van der Waals surface area contributed by atoms with Crippen molar-refractivity contribution in [2.45, 2.75) is 6.42 Å². The fraction of sp³-hybridized carbons (Fsp3) is 0.0526. The summed E-state index contributed by atoms with van der Waals surface area (Å²) < 4.78 is 15.6. The second-order valence-corrected chi connectivity index (χ2v) is 6.49. The minimum absolute atomic E-state index is 0.00570. The van der Waals surface area contributed by atoms with Crippen LogP contribution in [0.5, 0.6) is 0 Å². The van der Waals surface area contributed by atoms with Gasteiger partial charge in [0.15, 0.2) is 4.96 Å². The van der Waals surface area contributed by atoms with E-state index < -0.39 is 0 Å². The molecule has 0 unspecified atom stereocenters. The molecule has 0 aliphatic rings. The number of fused-ring (bicyclic) bond motifs is 1. The van der Waals surface area contributed by atoms with Crippen LogP contribution in [0.3, 0.4) is 0 Å². The Balaban J connectivity index is 1.46. The van der Waals surface area contributed by atoms with E-state index in [1.54, 1.807) is 29.5 Å². The van der Waals surface area contributed by atoms with Gasteiger partial charge in [-0.2, -0.15) is 0 Å². The number of carbonyl (C=O) groups is 1. The highest BCUT2D eigenvalue weighted by Gasteiger charge is 2.09. The molecule has 0 aliphatic carbocycles. The number of rotatable bonds is 4. The number of nitrogens with zero attached hydrogens (tertiary/aromatic N) is 2. The van der Waals surface area contributed by atoms with Gasteiger partial charge >= 0.3 is 0 Å². The summed E-state index contributed by atoms with van der Waals surface area (Å²) >= 11 is 1.58. The summed E-state index contributed by atoms with van der Waals surface area (Å²) in [4.78, 5) is 17.6. The first-order valence-corrected chi connectivity index (χ1v) is 8.63. The van der Waals surface area contributed by atoms with Gasteiger partial charge in [-0.15, -0.1) is 11.3 Å². The maximum absolute atomic E-state index is 13.6. The Hall–Kier alpha value is -2.99. The Kier molecular flexibility index (Phi) is 4.03. The topological polar surface area (TPSA) is 46.4 Å². The van der Waals surface area contributed by atoms with Gasteiger partial charge in [0.1, 0.15) is 5.82 Å². The molecule has 0 spiro atoms. The van der Waals surface area contributed by atoms with Gasteiger partial charge in [-0.05, 0) is 23.8 Å². The minimum Gasteiger partial charge on any atom is -0.326 e. The highest BCUT2D eigenvalue weighted by molar-refractivity contribution is 7.15. The summed E-state index contributed by atoms with van der Waals surface area (Å²) in [6.45, 7) is 0. The zero-order valence-corrected chi connectivity index (χ0v) is 14.0. The third-order valence-corrected chi connectivity index (χ3v) is 4.64. The first kappa shape index (κ1) is 15.5. The van der Waals surface area contributed by atoms with Gasteiger partial charge in [-0.1, -0.05) is 30.3 Å². The maximum Gasteiger partial charge on any atom is 0.228 e. The number of benzene rings is 2. The Morgan fingerprint density at radius 3 is 2.72 bits per heavy atom. The summed E-state index contributed by atoms with van der Waals surface area (Å²) in [6, 6.07) is 13.8. The average molecular weight is 351 g/mol. The maximum atomic E-state index is 13.6. The van der Waals surface area contributed by atoms with E-state index >= 15 is 0 Å². The van der Waals surface area contributed by atoms with Gasteiger partial charge < -0.3 is 5.32 Å². The molecule has 1 N–H and O–H groups in total. The van der Waals surface area contributed by atoms with Gasteiger partial charge in [0.25, 0.3) is 0 Å². The molecule has 0 radical (unpaired) electrons. The largest absolute Gasteiger partial charge is 0.326 e. The smallest absolute Gasteiger partial charge is 0.228 e. The van der Waals surface area contributed by atoms with Crippen molar-refractivity contribution >= 4 is 27.9 Å². The number of imidazole rings is 1. The van der Waals surface area contributed by atoms with E-state index in [0.29, 0.717) is 11.3 Å². The van der Waals surface area contributed by atoms with Crippen molar-refractivity contribution in [3.05, 3.63) is 77.7 Å². The van der Waals surface area contributed by atoms with E-state index in [1.165, 1.54) is 6.07 Å². The molecule has 0 bridgehead atoms. The van der Waals surface area contributed by atoms with Crippen molar-refractivity contribution in [1.82, 2.24) is 9.38 Å². The monoisotopic (exact) mass is 351 g/mol. The molecular weight excluding hydrogens is 337 g/mol. The Bertz CT molecular complexity index is 1010. The quantitative estimate of drug-likeness (QED) is 0.593. The number of amides is 1. The van der Waals surface area contributed by atoms with Gasteiger partial charge in [-0.3, -0.25) is 9.20 Å². The van der Waals surface area contributed by atoms with E-state index in [-0.39, 0.29) is 18.1 Å². The van der Waals surface area contributed by atoms with E-state index in [0.717, 1.165) is 16.2 Å². The van der Waals surface area contributed by atoms with Gasteiger partial charge in [0.2, 0.25) is 5.91 Å². The molecule has 4 rings (SSSR count). The molecule has 2 heterocycles. The van der Waals surface area contributed by atoms with Crippen LogP contribution in [0.15, 0.2) is 66.3 Å². The molecule has 1 amide bonds. The predicted molar refractivity (Wildman–Crippen MR) is 97.2 cm³/mol. The lowest BCUT2D eigenvalue weighted by atomic mass is 10.1. The number of halogens is 1. The van der Waals surface area contributed by atoms with Crippen LogP contribution in [0.2, 0.25) is 0 Å². The van der Waals surface area contributed by atoms with Gasteiger partial charge in [-0.25, -0.2) is 9.37 Å². The first-order chi connectivity index (χ1) is 12.2. The van der Waals surface area contributed by atoms with Crippen LogP contribution in [-0.2, 0) is 11.2 Å². The molecule has 0 saturated heterocycles. The van der Waals surface area contributed by atoms with Crippen molar-refractivity contribution in [2.75, 3.05) is 5.32 Å². The molecule has 2 aromatic carbocycles. The van der Waals surface area contributed by atoms with Crippen LogP contribution in [0.4, 0.5) is 10.1 Å². The number of aromatic nitrogens is 2. The summed E-state index contributed by atoms with van der Waals surface area (Å²) in [5, 5.41) is 4.78. The minimum atomic E-state index is -0.368. The lowest BCUT2D eigenvalue weighted by Gasteiger charge is -2.06. The second kappa shape index (κ2) is 6.49. The summed E-state index contributed by atoms with van der Waals surface area (Å²) in [7, 11) is 0. The van der Waals surface area contributed by atoms with Crippen molar-refractivity contribution in [3.63, 3.8) is 0 Å². The molecule has 6 heteroatoms. The average Bonchev–Trinajstić information content (AvgIpc) is 3.19. The van der Waals surface area contributed by atoms with E-state index in [1.807, 2.05) is 46.4 Å². The normalized spacial score (nSPS) is 10.9. The molecule has 0 saturated carbocycles. The van der Waals surface area contributed by atoms with E-state index in [2.05, 4.69) is 10.3 Å². The lowest BCUT2D eigenvalue weighted by molar-refractivity contribution is -0.115. The second-order valence-electron chi connectivity index (χ2n) is 5.61. The molecule has 2 aromatic heterocycles. The number of hydrogen-bond donors (Lipinski definition) is 1. The standard InChI is InChI=1S/C19H14FN3OS/c20-16-4-2-1-3-14(16)11-18(24)21-15-7-5-13(6-8-15)17-12-23-9-10-25-19(23)22-17/h1-10,12H,11H2,(H,21,24). The number of thiazole rings is 1. The van der Waals surface area contributed by atoms with Crippen molar-refractivity contribution in [2.24, 2.45) is 0 Å². The zero-order chi connectivity index (χ0) is 17.2. The van der Waals surface area contributed by atoms with Gasteiger partial charge in [0.05, 0.1) is 12.1 Å². The molecule has 4 nitrogen and oxygen atoms in total. The van der Waals surface area contributed by atoms with Gasteiger partial charge in [0, 0.05) is 29.0 Å². The van der Waals surface area contributed by atoms with Crippen LogP contribution in [0.25, 0.3) is 16.2 Å². The zero-order valence-electron chi connectivity index (χ0n) is 13.1. The third kappa shape index (κ3) is 3.29. The van der Waals surface area contributed by atoms with E-state index in [9.17, 15) is 9.18 Å². The van der Waals surface area contributed by atoms with E-state index in [4.69, 9.17) is 0 Å². The van der Waals surface area contributed by atoms with Crippen LogP contribution in [-0.4, -0.2) is 15.3 Å². The molecule has 0 fully saturated rings. The highest BCUT2D eigenvalue weighted by atomic mass is 32.1. The van der Waals surface area contributed by atoms with Crippen LogP contribution in [0, 0.1) is 5.82 Å². The fourth-order valence-electron chi connectivity index (χ4n) is 2.61. The molecule has 124 valence electrons. The summed E-state index contributed by atoms with van der Waals surface area (Å²) in [6.07, 6.45) is 3.94. The Labute approximate surface area is 147 Å². The molecular formula is C19H14FN3OS. The number of hydrogen-bond acceptors (Lipinski definition) is 3. The lowest BCUT2D eigenvalue weighted by Crippen LogP contribution is -2.15. The molecule has 4 aromatic rings.